The molecule has 6 nitrogen and oxygen atoms in total. The highest BCUT2D eigenvalue weighted by Gasteiger charge is 2.17. The van der Waals surface area contributed by atoms with Crippen molar-refractivity contribution in [3.05, 3.63) is 42.5 Å². The van der Waals surface area contributed by atoms with Gasteiger partial charge in [0, 0.05) is 6.42 Å². The van der Waals surface area contributed by atoms with Crippen molar-refractivity contribution < 1.29 is 19.1 Å². The molecule has 0 spiro atoms. The second-order valence-corrected chi connectivity index (χ2v) is 4.11. The quantitative estimate of drug-likeness (QED) is 0.274. The molecule has 0 aromatic heterocycles. The number of hydrogen-bond acceptors (Lipinski definition) is 6. The molecule has 0 saturated carbocycles. The van der Waals surface area contributed by atoms with E-state index < -0.39 is 11.9 Å². The Bertz CT molecular complexity index is 540. The van der Waals surface area contributed by atoms with Crippen LogP contribution in [0.1, 0.15) is 23.7 Å². The van der Waals surface area contributed by atoms with Crippen molar-refractivity contribution in [2.24, 2.45) is 5.10 Å². The molecule has 0 amide bonds. The lowest BCUT2D eigenvalue weighted by Crippen LogP contribution is -2.15. The lowest BCUT2D eigenvalue weighted by molar-refractivity contribution is -0.132. The highest BCUT2D eigenvalue weighted by Crippen LogP contribution is 2.17. The Labute approximate surface area is 123 Å². The van der Waals surface area contributed by atoms with E-state index in [2.05, 4.69) is 28.1 Å². The van der Waals surface area contributed by atoms with Crippen LogP contribution >= 0.6 is 0 Å². The van der Waals surface area contributed by atoms with Crippen LogP contribution in [0, 0.1) is 0 Å². The van der Waals surface area contributed by atoms with Crippen LogP contribution in [0.25, 0.3) is 0 Å². The number of carbonyl (C=O) groups is 2. The monoisotopic (exact) mass is 289 g/mol. The normalized spacial score (nSPS) is 11.3. The molecule has 0 radical (unpaired) electrons. The maximum Gasteiger partial charge on any atom is 0.619 e. The van der Waals surface area contributed by atoms with Crippen molar-refractivity contribution >= 4 is 23.8 Å². The van der Waals surface area contributed by atoms with Gasteiger partial charge in [0.15, 0.2) is 0 Å². The summed E-state index contributed by atoms with van der Waals surface area (Å²) in [6.07, 6.45) is 4.07. The van der Waals surface area contributed by atoms with Gasteiger partial charge < -0.3 is 9.47 Å². The number of nitrogens with zero attached hydrogens (tertiary/aromatic N) is 1. The number of methoxy groups -OCH3 is 1. The molecule has 1 N–H and O–H groups in total. The van der Waals surface area contributed by atoms with Gasteiger partial charge >= 0.3 is 18.2 Å². The van der Waals surface area contributed by atoms with Crippen molar-refractivity contribution in [2.75, 3.05) is 12.5 Å². The number of hydrogen-bond donors (Lipinski definition) is 1. The zero-order valence-electron chi connectivity index (χ0n) is 12.0. The van der Waals surface area contributed by atoms with Gasteiger partial charge in [0.1, 0.15) is 6.10 Å². The molecule has 1 unspecified atom stereocenters. The van der Waals surface area contributed by atoms with Crippen LogP contribution in [0.15, 0.2) is 42.0 Å². The van der Waals surface area contributed by atoms with E-state index in [1.54, 1.807) is 37.3 Å². The predicted octanol–water partition coefficient (Wildman–Crippen LogP) is 2.26. The second-order valence-electron chi connectivity index (χ2n) is 4.11. The van der Waals surface area contributed by atoms with Crippen molar-refractivity contribution in [3.8, 4) is 0 Å². The Kier molecular flexibility index (Phi) is 6.57. The topological polar surface area (TPSA) is 77.0 Å². The van der Waals surface area contributed by atoms with Gasteiger partial charge in [-0.3, -0.25) is 0 Å². The van der Waals surface area contributed by atoms with E-state index in [0.29, 0.717) is 17.7 Å². The van der Waals surface area contributed by atoms with Gasteiger partial charge in [-0.15, -0.1) is 6.58 Å². The van der Waals surface area contributed by atoms with Crippen molar-refractivity contribution in [2.45, 2.75) is 19.4 Å². The zero-order valence-corrected chi connectivity index (χ0v) is 12.0. The van der Waals surface area contributed by atoms with Crippen LogP contribution in [0.5, 0.6) is 0 Å². The fourth-order valence-corrected chi connectivity index (χ4v) is 1.47. The molecule has 0 fully saturated rings. The molecule has 110 valence electrons. The molecule has 0 heterocycles. The van der Waals surface area contributed by atoms with E-state index in [1.807, 2.05) is 0 Å². The van der Waals surface area contributed by atoms with E-state index in [9.17, 15) is 9.59 Å². The number of carbonyl (C=O) groups excluding carboxylic acids is 2. The van der Waals surface area contributed by atoms with Gasteiger partial charge in [-0.05, 0) is 19.1 Å². The molecule has 21 heavy (non-hydrogen) atoms. The maximum absolute atomic E-state index is 12.1. The van der Waals surface area contributed by atoms with Gasteiger partial charge in [0.05, 0.1) is 23.5 Å². The molecule has 1 atom stereocenters. The van der Waals surface area contributed by atoms with Crippen LogP contribution in [-0.2, 0) is 14.3 Å². The average molecular weight is 289 g/mol. The first kappa shape index (κ1) is 16.3. The highest BCUT2D eigenvalue weighted by atomic mass is 16.5. The minimum absolute atomic E-state index is 0.270. The molecule has 6 heteroatoms. The smallest absolute Gasteiger partial charge is 0.459 e. The van der Waals surface area contributed by atoms with Crippen LogP contribution in [0.4, 0.5) is 5.69 Å². The Morgan fingerprint density at radius 1 is 1.48 bits per heavy atom. The fourth-order valence-electron chi connectivity index (χ4n) is 1.47. The molecule has 0 aliphatic heterocycles. The lowest BCUT2D eigenvalue weighted by atomic mass is 10.2. The molecule has 0 aliphatic rings. The molecular weight excluding hydrogens is 272 g/mol. The number of benzene rings is 1. The second kappa shape index (κ2) is 8.45. The van der Waals surface area contributed by atoms with Gasteiger partial charge in [-0.2, -0.15) is 4.79 Å². The molecule has 1 aromatic rings. The standard InChI is InChI=1S/C15H16N2O4/c1-4-7-11(2)21-15(19)12-8-5-6-9-13(12)17-16-10-14(18)20-3/h4-6,8-9,11H,1,7H2,2-3H3/p+1. The van der Waals surface area contributed by atoms with Gasteiger partial charge in [0.25, 0.3) is 0 Å². The average Bonchev–Trinajstić information content (AvgIpc) is 2.47. The molecule has 1 rings (SSSR count). The minimum atomic E-state index is -0.720. The Morgan fingerprint density at radius 2 is 2.19 bits per heavy atom. The molecule has 0 saturated heterocycles. The molecule has 1 aromatic carbocycles. The van der Waals surface area contributed by atoms with E-state index in [4.69, 9.17) is 4.74 Å². The summed E-state index contributed by atoms with van der Waals surface area (Å²) in [7, 11) is 1.22. The third-order valence-corrected chi connectivity index (χ3v) is 2.46. The summed E-state index contributed by atoms with van der Waals surface area (Å²) in [5.41, 5.74) is 3.27. The fraction of sp³-hybridized carbons (Fsp3) is 0.267. The summed E-state index contributed by atoms with van der Waals surface area (Å²) in [5.74, 6) is -1.21. The Hall–Kier alpha value is -2.72. The molecular formula is C15H17N2O4+. The molecule has 0 bridgehead atoms. The molecule has 0 aliphatic carbocycles. The van der Waals surface area contributed by atoms with E-state index in [1.165, 1.54) is 7.11 Å². The number of anilines is 1. The first-order valence-corrected chi connectivity index (χ1v) is 6.29. The van der Waals surface area contributed by atoms with Crippen molar-refractivity contribution in [1.29, 1.82) is 0 Å². The lowest BCUT2D eigenvalue weighted by Gasteiger charge is -2.12. The Balaban J connectivity index is 2.78. The number of ether oxygens (including phenoxy) is 2. The summed E-state index contributed by atoms with van der Waals surface area (Å²) in [6.45, 7) is 5.37. The maximum atomic E-state index is 12.1. The first-order valence-electron chi connectivity index (χ1n) is 6.29. The van der Waals surface area contributed by atoms with Crippen molar-refractivity contribution in [3.63, 3.8) is 0 Å². The van der Waals surface area contributed by atoms with Crippen LogP contribution in [-0.4, -0.2) is 31.4 Å². The van der Waals surface area contributed by atoms with E-state index >= 15 is 0 Å². The number of nitrogens with one attached hydrogen (secondary N) is 1. The summed E-state index contributed by atoms with van der Waals surface area (Å²) < 4.78 is 9.62. The predicted molar refractivity (Wildman–Crippen MR) is 79.2 cm³/mol. The highest BCUT2D eigenvalue weighted by molar-refractivity contribution is 6.23. The summed E-state index contributed by atoms with van der Waals surface area (Å²) in [6, 6.07) is 6.66. The van der Waals surface area contributed by atoms with Crippen molar-refractivity contribution in [1.82, 2.24) is 0 Å². The van der Waals surface area contributed by atoms with Crippen LogP contribution in [0.3, 0.4) is 0 Å². The third-order valence-electron chi connectivity index (χ3n) is 2.46. The summed E-state index contributed by atoms with van der Waals surface area (Å²) >= 11 is 0. The first-order chi connectivity index (χ1) is 10.1. The largest absolute Gasteiger partial charge is 0.619 e. The third kappa shape index (κ3) is 5.42. The zero-order chi connectivity index (χ0) is 15.7. The van der Waals surface area contributed by atoms with Crippen LogP contribution < -0.4 is 5.43 Å². The van der Waals surface area contributed by atoms with Gasteiger partial charge in [-0.1, -0.05) is 18.2 Å². The van der Waals surface area contributed by atoms with Gasteiger partial charge in [0.2, 0.25) is 0 Å². The minimum Gasteiger partial charge on any atom is -0.459 e. The SMILES string of the molecule is C=CCC(C)OC(=O)c1ccccc1NN=[C+]C(=O)OC. The Morgan fingerprint density at radius 3 is 2.86 bits per heavy atom. The van der Waals surface area contributed by atoms with E-state index in [0.717, 1.165) is 0 Å². The summed E-state index contributed by atoms with van der Waals surface area (Å²) in [5, 5.41) is 3.57. The van der Waals surface area contributed by atoms with Crippen LogP contribution in [0.2, 0.25) is 0 Å². The number of rotatable bonds is 7. The van der Waals surface area contributed by atoms with E-state index in [-0.39, 0.29) is 6.10 Å². The summed E-state index contributed by atoms with van der Waals surface area (Å²) in [4.78, 5) is 22.9. The number of para-hydroxylation sites is 1. The van der Waals surface area contributed by atoms with Gasteiger partial charge in [-0.25, -0.2) is 10.2 Å². The number of esters is 2. The number of hydrazone groups is 1.